The second-order valence-electron chi connectivity index (χ2n) is 3.60. The van der Waals surface area contributed by atoms with Gasteiger partial charge >= 0.3 is 6.18 Å². The highest BCUT2D eigenvalue weighted by molar-refractivity contribution is 4.84. The summed E-state index contributed by atoms with van der Waals surface area (Å²) < 4.78 is 35.9. The number of rotatable bonds is 2. The summed E-state index contributed by atoms with van der Waals surface area (Å²) in [6.07, 6.45) is -2.67. The predicted molar refractivity (Wildman–Crippen MR) is 42.3 cm³/mol. The molecule has 0 aromatic heterocycles. The van der Waals surface area contributed by atoms with Gasteiger partial charge in [-0.15, -0.1) is 0 Å². The fourth-order valence-electron chi connectivity index (χ4n) is 1.84. The van der Waals surface area contributed by atoms with Gasteiger partial charge in [-0.05, 0) is 26.3 Å². The van der Waals surface area contributed by atoms with Crippen molar-refractivity contribution >= 4 is 0 Å². The second kappa shape index (κ2) is 3.84. The quantitative estimate of drug-likeness (QED) is 0.723. The van der Waals surface area contributed by atoms with Gasteiger partial charge in [0.1, 0.15) is 0 Å². The fourth-order valence-corrected chi connectivity index (χ4v) is 1.84. The number of alkyl halides is 3. The summed E-state index contributed by atoms with van der Waals surface area (Å²) in [6.45, 7) is -0.936. The van der Waals surface area contributed by atoms with Crippen LogP contribution in [0.4, 0.5) is 13.2 Å². The minimum atomic E-state index is -4.17. The van der Waals surface area contributed by atoms with Gasteiger partial charge in [-0.25, -0.2) is 0 Å². The van der Waals surface area contributed by atoms with Crippen molar-refractivity contribution in [2.45, 2.75) is 37.6 Å². The maximum Gasteiger partial charge on any atom is 0.401 e. The molecule has 2 nitrogen and oxygen atoms in total. The summed E-state index contributed by atoms with van der Waals surface area (Å²) in [4.78, 5) is 1.19. The molecule has 1 fully saturated rings. The first kappa shape index (κ1) is 10.8. The monoisotopic (exact) mass is 197 g/mol. The molecule has 2 atom stereocenters. The Bertz CT molecular complexity index is 171. The molecule has 0 bridgehead atoms. The molecule has 0 spiro atoms. The van der Waals surface area contributed by atoms with E-state index in [9.17, 15) is 18.3 Å². The molecule has 5 heteroatoms. The van der Waals surface area contributed by atoms with E-state index in [0.29, 0.717) is 12.8 Å². The first-order valence-electron chi connectivity index (χ1n) is 4.35. The second-order valence-corrected chi connectivity index (χ2v) is 3.60. The lowest BCUT2D eigenvalue weighted by Gasteiger charge is -2.27. The molecule has 0 saturated heterocycles. The van der Waals surface area contributed by atoms with Crippen molar-refractivity contribution in [3.63, 3.8) is 0 Å². The van der Waals surface area contributed by atoms with E-state index in [-0.39, 0.29) is 6.04 Å². The molecule has 0 amide bonds. The van der Waals surface area contributed by atoms with Crippen molar-refractivity contribution in [1.29, 1.82) is 0 Å². The van der Waals surface area contributed by atoms with Gasteiger partial charge in [0, 0.05) is 6.04 Å². The van der Waals surface area contributed by atoms with Crippen LogP contribution in [0.1, 0.15) is 19.3 Å². The molecule has 13 heavy (non-hydrogen) atoms. The van der Waals surface area contributed by atoms with E-state index in [2.05, 4.69) is 0 Å². The van der Waals surface area contributed by atoms with Crippen LogP contribution in [0.3, 0.4) is 0 Å². The summed E-state index contributed by atoms with van der Waals surface area (Å²) >= 11 is 0. The predicted octanol–water partition coefficient (Wildman–Crippen LogP) is 1.39. The molecule has 0 aliphatic heterocycles. The van der Waals surface area contributed by atoms with Crippen molar-refractivity contribution in [3.05, 3.63) is 0 Å². The molecule has 2 unspecified atom stereocenters. The Balaban J connectivity index is 2.43. The highest BCUT2D eigenvalue weighted by atomic mass is 19.4. The minimum absolute atomic E-state index is 0.318. The Morgan fingerprint density at radius 1 is 1.38 bits per heavy atom. The molecule has 0 aromatic rings. The SMILES string of the molecule is CN(CC(F)(F)F)C1CCCC1O. The van der Waals surface area contributed by atoms with E-state index in [1.165, 1.54) is 11.9 Å². The Hall–Kier alpha value is -0.290. The lowest BCUT2D eigenvalue weighted by Crippen LogP contribution is -2.42. The molecule has 1 rings (SSSR count). The number of likely N-dealkylation sites (N-methyl/N-ethyl adjacent to an activating group) is 1. The molecule has 0 heterocycles. The van der Waals surface area contributed by atoms with Crippen LogP contribution in [0.2, 0.25) is 0 Å². The molecule has 1 aliphatic carbocycles. The average molecular weight is 197 g/mol. The lowest BCUT2D eigenvalue weighted by molar-refractivity contribution is -0.150. The van der Waals surface area contributed by atoms with Crippen LogP contribution < -0.4 is 0 Å². The van der Waals surface area contributed by atoms with Crippen LogP contribution >= 0.6 is 0 Å². The van der Waals surface area contributed by atoms with E-state index in [1.54, 1.807) is 0 Å². The number of halogens is 3. The molecule has 0 aromatic carbocycles. The summed E-state index contributed by atoms with van der Waals surface area (Å²) in [6, 6.07) is -0.318. The Kier molecular flexibility index (Phi) is 3.18. The Morgan fingerprint density at radius 2 is 2.00 bits per heavy atom. The Labute approximate surface area is 75.3 Å². The third-order valence-corrected chi connectivity index (χ3v) is 2.44. The van der Waals surface area contributed by atoms with Gasteiger partial charge in [-0.1, -0.05) is 0 Å². The van der Waals surface area contributed by atoms with E-state index < -0.39 is 18.8 Å². The van der Waals surface area contributed by atoms with Gasteiger partial charge in [0.2, 0.25) is 0 Å². The van der Waals surface area contributed by atoms with Crippen molar-refractivity contribution in [1.82, 2.24) is 4.90 Å². The first-order valence-corrected chi connectivity index (χ1v) is 4.35. The fraction of sp³-hybridized carbons (Fsp3) is 1.00. The molecular weight excluding hydrogens is 183 g/mol. The normalized spacial score (nSPS) is 30.0. The standard InChI is InChI=1S/C8H14F3NO/c1-12(5-8(9,10)11)6-3-2-4-7(6)13/h6-7,13H,2-5H2,1H3. The number of hydrogen-bond acceptors (Lipinski definition) is 2. The van der Waals surface area contributed by atoms with Crippen molar-refractivity contribution in [2.24, 2.45) is 0 Å². The third-order valence-electron chi connectivity index (χ3n) is 2.44. The van der Waals surface area contributed by atoms with Crippen LogP contribution in [-0.2, 0) is 0 Å². The van der Waals surface area contributed by atoms with E-state index in [4.69, 9.17) is 0 Å². The van der Waals surface area contributed by atoms with E-state index in [0.717, 1.165) is 6.42 Å². The van der Waals surface area contributed by atoms with Crippen LogP contribution in [0.5, 0.6) is 0 Å². The third kappa shape index (κ3) is 3.15. The molecule has 1 N–H and O–H groups in total. The number of aliphatic hydroxyl groups excluding tert-OH is 1. The van der Waals surface area contributed by atoms with Gasteiger partial charge in [-0.2, -0.15) is 13.2 Å². The molecule has 1 saturated carbocycles. The van der Waals surface area contributed by atoms with Gasteiger partial charge in [0.25, 0.3) is 0 Å². The summed E-state index contributed by atoms with van der Waals surface area (Å²) in [7, 11) is 1.41. The van der Waals surface area contributed by atoms with Crippen LogP contribution in [0, 0.1) is 0 Å². The van der Waals surface area contributed by atoms with Gasteiger partial charge in [0.15, 0.2) is 0 Å². The van der Waals surface area contributed by atoms with Crippen LogP contribution in [-0.4, -0.2) is 41.9 Å². The number of hydrogen-bond donors (Lipinski definition) is 1. The summed E-state index contributed by atoms with van der Waals surface area (Å²) in [5.41, 5.74) is 0. The highest BCUT2D eigenvalue weighted by Crippen LogP contribution is 2.26. The van der Waals surface area contributed by atoms with E-state index >= 15 is 0 Å². The van der Waals surface area contributed by atoms with Crippen molar-refractivity contribution in [2.75, 3.05) is 13.6 Å². The molecule has 0 radical (unpaired) electrons. The van der Waals surface area contributed by atoms with Crippen molar-refractivity contribution < 1.29 is 18.3 Å². The topological polar surface area (TPSA) is 23.5 Å². The molecular formula is C8H14F3NO. The number of nitrogens with zero attached hydrogens (tertiary/aromatic N) is 1. The van der Waals surface area contributed by atoms with Gasteiger partial charge < -0.3 is 5.11 Å². The van der Waals surface area contributed by atoms with Crippen LogP contribution in [0.25, 0.3) is 0 Å². The Morgan fingerprint density at radius 3 is 2.38 bits per heavy atom. The van der Waals surface area contributed by atoms with Gasteiger partial charge in [-0.3, -0.25) is 4.90 Å². The lowest BCUT2D eigenvalue weighted by atomic mass is 10.2. The largest absolute Gasteiger partial charge is 0.401 e. The zero-order valence-corrected chi connectivity index (χ0v) is 7.51. The number of aliphatic hydroxyl groups is 1. The van der Waals surface area contributed by atoms with Crippen LogP contribution in [0.15, 0.2) is 0 Å². The summed E-state index contributed by atoms with van der Waals surface area (Å²) in [5.74, 6) is 0. The molecule has 78 valence electrons. The zero-order valence-electron chi connectivity index (χ0n) is 7.51. The van der Waals surface area contributed by atoms with E-state index in [1.807, 2.05) is 0 Å². The zero-order chi connectivity index (χ0) is 10.1. The first-order chi connectivity index (χ1) is 5.90. The van der Waals surface area contributed by atoms with Crippen molar-refractivity contribution in [3.8, 4) is 0 Å². The maximum atomic E-state index is 12.0. The highest BCUT2D eigenvalue weighted by Gasteiger charge is 2.36. The minimum Gasteiger partial charge on any atom is -0.391 e. The summed E-state index contributed by atoms with van der Waals surface area (Å²) in [5, 5.41) is 9.35. The molecule has 1 aliphatic rings. The van der Waals surface area contributed by atoms with Gasteiger partial charge in [0.05, 0.1) is 12.6 Å². The average Bonchev–Trinajstić information content (AvgIpc) is 2.30. The maximum absolute atomic E-state index is 12.0. The smallest absolute Gasteiger partial charge is 0.391 e.